The molecule has 0 saturated heterocycles. The van der Waals surface area contributed by atoms with Crippen LogP contribution in [0.5, 0.6) is 0 Å². The number of carbonyl (C=O) groups excluding carboxylic acids is 3. The van der Waals surface area contributed by atoms with E-state index in [1.54, 1.807) is 48.5 Å². The van der Waals surface area contributed by atoms with Gasteiger partial charge < -0.3 is 11.1 Å². The minimum atomic E-state index is -0.486. The summed E-state index contributed by atoms with van der Waals surface area (Å²) in [5.74, 6) is -0.722. The number of hydrogen-bond donors (Lipinski definition) is 2. The van der Waals surface area contributed by atoms with Gasteiger partial charge in [0, 0.05) is 30.5 Å². The molecule has 0 spiro atoms. The van der Waals surface area contributed by atoms with Crippen LogP contribution in [0, 0.1) is 0 Å². The quantitative estimate of drug-likeness (QED) is 0.767. The first-order valence-corrected chi connectivity index (χ1v) is 7.30. The Balaban J connectivity index is 1.77. The fourth-order valence-corrected chi connectivity index (χ4v) is 2.07. The van der Waals surface area contributed by atoms with Gasteiger partial charge in [0.05, 0.1) is 0 Å². The highest BCUT2D eigenvalue weighted by Crippen LogP contribution is 2.06. The number of carbonyl (C=O) groups is 3. The highest BCUT2D eigenvalue weighted by atomic mass is 16.2. The van der Waals surface area contributed by atoms with Crippen molar-refractivity contribution in [3.8, 4) is 0 Å². The molecule has 0 atom stereocenters. The molecule has 23 heavy (non-hydrogen) atoms. The van der Waals surface area contributed by atoms with Crippen molar-refractivity contribution in [2.75, 3.05) is 0 Å². The summed E-state index contributed by atoms with van der Waals surface area (Å²) in [5, 5.41) is 2.75. The van der Waals surface area contributed by atoms with Gasteiger partial charge in [0.25, 0.3) is 0 Å². The summed E-state index contributed by atoms with van der Waals surface area (Å²) in [4.78, 5) is 34.7. The van der Waals surface area contributed by atoms with Crippen LogP contribution in [0.1, 0.15) is 39.1 Å². The zero-order valence-corrected chi connectivity index (χ0v) is 12.6. The van der Waals surface area contributed by atoms with Crippen LogP contribution in [0.3, 0.4) is 0 Å². The third-order valence-electron chi connectivity index (χ3n) is 3.40. The Bertz CT molecular complexity index is 694. The molecule has 2 amide bonds. The lowest BCUT2D eigenvalue weighted by Crippen LogP contribution is -2.23. The molecule has 5 nitrogen and oxygen atoms in total. The summed E-state index contributed by atoms with van der Waals surface area (Å²) in [6, 6.07) is 15.6. The summed E-state index contributed by atoms with van der Waals surface area (Å²) in [6.45, 7) is 0.345. The minimum Gasteiger partial charge on any atom is -0.366 e. The van der Waals surface area contributed by atoms with Crippen LogP contribution in [0.2, 0.25) is 0 Å². The van der Waals surface area contributed by atoms with E-state index in [0.717, 1.165) is 5.56 Å². The Labute approximate surface area is 134 Å². The molecule has 2 rings (SSSR count). The van der Waals surface area contributed by atoms with Gasteiger partial charge in [-0.05, 0) is 17.7 Å². The van der Waals surface area contributed by atoms with E-state index < -0.39 is 5.91 Å². The molecule has 0 unspecified atom stereocenters. The zero-order valence-electron chi connectivity index (χ0n) is 12.6. The number of hydrogen-bond acceptors (Lipinski definition) is 3. The number of benzene rings is 2. The lowest BCUT2D eigenvalue weighted by atomic mass is 10.1. The largest absolute Gasteiger partial charge is 0.366 e. The van der Waals surface area contributed by atoms with Crippen LogP contribution < -0.4 is 11.1 Å². The van der Waals surface area contributed by atoms with Gasteiger partial charge in [-0.25, -0.2) is 0 Å². The molecule has 0 aliphatic heterocycles. The summed E-state index contributed by atoms with van der Waals surface area (Å²) in [7, 11) is 0. The lowest BCUT2D eigenvalue weighted by molar-refractivity contribution is -0.121. The van der Waals surface area contributed by atoms with Gasteiger partial charge in [-0.1, -0.05) is 42.5 Å². The summed E-state index contributed by atoms with van der Waals surface area (Å²) >= 11 is 0. The van der Waals surface area contributed by atoms with Gasteiger partial charge in [0.2, 0.25) is 11.8 Å². The van der Waals surface area contributed by atoms with Crippen molar-refractivity contribution < 1.29 is 14.4 Å². The molecule has 0 saturated carbocycles. The van der Waals surface area contributed by atoms with Crippen molar-refractivity contribution in [2.24, 2.45) is 5.73 Å². The Morgan fingerprint density at radius 2 is 1.48 bits per heavy atom. The van der Waals surface area contributed by atoms with E-state index in [9.17, 15) is 14.4 Å². The molecule has 2 aromatic rings. The molecule has 5 heteroatoms. The van der Waals surface area contributed by atoms with Gasteiger partial charge in [-0.2, -0.15) is 0 Å². The average Bonchev–Trinajstić information content (AvgIpc) is 2.59. The van der Waals surface area contributed by atoms with Crippen molar-refractivity contribution in [3.05, 3.63) is 71.3 Å². The van der Waals surface area contributed by atoms with Gasteiger partial charge in [0.15, 0.2) is 5.78 Å². The van der Waals surface area contributed by atoms with Gasteiger partial charge in [0.1, 0.15) is 0 Å². The Kier molecular flexibility index (Phi) is 5.63. The SMILES string of the molecule is NC(=O)c1ccc(CNC(=O)CCC(=O)c2ccccc2)cc1. The van der Waals surface area contributed by atoms with Crippen molar-refractivity contribution in [1.29, 1.82) is 0 Å². The maximum Gasteiger partial charge on any atom is 0.248 e. The molecule has 0 bridgehead atoms. The summed E-state index contributed by atoms with van der Waals surface area (Å²) < 4.78 is 0. The molecule has 0 heterocycles. The third kappa shape index (κ3) is 5.07. The number of primary amides is 1. The number of amides is 2. The molecule has 0 fully saturated rings. The molecule has 0 aliphatic carbocycles. The monoisotopic (exact) mass is 310 g/mol. The van der Waals surface area contributed by atoms with Crippen molar-refractivity contribution >= 4 is 17.6 Å². The van der Waals surface area contributed by atoms with E-state index in [-0.39, 0.29) is 24.5 Å². The molecular weight excluding hydrogens is 292 g/mol. The van der Waals surface area contributed by atoms with E-state index in [1.807, 2.05) is 6.07 Å². The van der Waals surface area contributed by atoms with Crippen LogP contribution in [0.15, 0.2) is 54.6 Å². The van der Waals surface area contributed by atoms with E-state index in [2.05, 4.69) is 5.32 Å². The first-order chi connectivity index (χ1) is 11.1. The topological polar surface area (TPSA) is 89.3 Å². The molecule has 0 aliphatic rings. The molecule has 118 valence electrons. The second-order valence-electron chi connectivity index (χ2n) is 5.13. The van der Waals surface area contributed by atoms with Gasteiger partial charge >= 0.3 is 0 Å². The maximum absolute atomic E-state index is 11.9. The Hall–Kier alpha value is -2.95. The van der Waals surface area contributed by atoms with E-state index >= 15 is 0 Å². The molecular formula is C18H18N2O3. The number of nitrogens with two attached hydrogens (primary N) is 1. The lowest BCUT2D eigenvalue weighted by Gasteiger charge is -2.06. The molecule has 0 aromatic heterocycles. The maximum atomic E-state index is 11.9. The van der Waals surface area contributed by atoms with Crippen LogP contribution in [0.4, 0.5) is 0 Å². The first kappa shape index (κ1) is 16.4. The molecule has 3 N–H and O–H groups in total. The van der Waals surface area contributed by atoms with Crippen LogP contribution in [0.25, 0.3) is 0 Å². The standard InChI is InChI=1S/C18H18N2O3/c19-18(23)15-8-6-13(7-9-15)12-20-17(22)11-10-16(21)14-4-2-1-3-5-14/h1-9H,10-12H2,(H2,19,23)(H,20,22). The number of Topliss-reactive ketones (excluding diaryl/α,β-unsaturated/α-hetero) is 1. The van der Waals surface area contributed by atoms with Crippen LogP contribution >= 0.6 is 0 Å². The zero-order chi connectivity index (χ0) is 16.7. The van der Waals surface area contributed by atoms with Crippen molar-refractivity contribution in [2.45, 2.75) is 19.4 Å². The summed E-state index contributed by atoms with van der Waals surface area (Å²) in [5.41, 5.74) is 7.06. The molecule has 0 radical (unpaired) electrons. The predicted octanol–water partition coefficient (Wildman–Crippen LogP) is 2.06. The van der Waals surface area contributed by atoms with Crippen molar-refractivity contribution in [3.63, 3.8) is 0 Å². The Morgan fingerprint density at radius 1 is 0.826 bits per heavy atom. The normalized spacial score (nSPS) is 10.1. The van der Waals surface area contributed by atoms with Crippen molar-refractivity contribution in [1.82, 2.24) is 5.32 Å². The highest BCUT2D eigenvalue weighted by Gasteiger charge is 2.09. The van der Waals surface area contributed by atoms with Gasteiger partial charge in [-0.3, -0.25) is 14.4 Å². The molecule has 2 aromatic carbocycles. The van der Waals surface area contributed by atoms with Crippen LogP contribution in [-0.4, -0.2) is 17.6 Å². The second kappa shape index (κ2) is 7.89. The minimum absolute atomic E-state index is 0.0495. The highest BCUT2D eigenvalue weighted by molar-refractivity contribution is 5.97. The smallest absolute Gasteiger partial charge is 0.248 e. The summed E-state index contributed by atoms with van der Waals surface area (Å²) in [6.07, 6.45) is 0.323. The first-order valence-electron chi connectivity index (χ1n) is 7.30. The van der Waals surface area contributed by atoms with Gasteiger partial charge in [-0.15, -0.1) is 0 Å². The predicted molar refractivity (Wildman–Crippen MR) is 86.8 cm³/mol. The van der Waals surface area contributed by atoms with E-state index in [0.29, 0.717) is 17.7 Å². The fourth-order valence-electron chi connectivity index (χ4n) is 2.07. The number of ketones is 1. The van der Waals surface area contributed by atoms with Crippen LogP contribution in [-0.2, 0) is 11.3 Å². The number of nitrogens with one attached hydrogen (secondary N) is 1. The second-order valence-corrected chi connectivity index (χ2v) is 5.13. The average molecular weight is 310 g/mol. The van der Waals surface area contributed by atoms with E-state index in [4.69, 9.17) is 5.73 Å². The fraction of sp³-hybridized carbons (Fsp3) is 0.167. The third-order valence-corrected chi connectivity index (χ3v) is 3.40. The Morgan fingerprint density at radius 3 is 2.09 bits per heavy atom. The van der Waals surface area contributed by atoms with E-state index in [1.165, 1.54) is 0 Å². The number of rotatable bonds is 7.